The number of carbonyl (C=O) groups excluding carboxylic acids is 1. The minimum Gasteiger partial charge on any atom is -0.349 e. The zero-order valence-electron chi connectivity index (χ0n) is 9.16. The summed E-state index contributed by atoms with van der Waals surface area (Å²) in [6.45, 7) is 6.04. The van der Waals surface area contributed by atoms with Crippen LogP contribution in [-0.2, 0) is 4.79 Å². The molecule has 0 spiro atoms. The van der Waals surface area contributed by atoms with Gasteiger partial charge in [0.05, 0.1) is 10.9 Å². The Kier molecular flexibility index (Phi) is 4.80. The maximum atomic E-state index is 11.7. The monoisotopic (exact) mass is 289 g/mol. The Morgan fingerprint density at radius 2 is 2.13 bits per heavy atom. The van der Waals surface area contributed by atoms with E-state index in [4.69, 9.17) is 0 Å². The first-order chi connectivity index (χ1) is 7.02. The van der Waals surface area contributed by atoms with E-state index in [1.807, 2.05) is 32.2 Å². The molecular weight excluding hydrogens is 274 g/mol. The van der Waals surface area contributed by atoms with Gasteiger partial charge < -0.3 is 5.32 Å². The summed E-state index contributed by atoms with van der Waals surface area (Å²) >= 11 is 5.04. The molecule has 0 saturated heterocycles. The molecule has 15 heavy (non-hydrogen) atoms. The SMILES string of the molecule is CC(NC(=O)C(Br)C(C)C)c1ccsc1. The second-order valence-corrected chi connectivity index (χ2v) is 5.70. The van der Waals surface area contributed by atoms with E-state index in [0.29, 0.717) is 5.92 Å². The van der Waals surface area contributed by atoms with E-state index < -0.39 is 0 Å². The molecule has 2 atom stereocenters. The summed E-state index contributed by atoms with van der Waals surface area (Å²) in [5, 5.41) is 7.06. The minimum atomic E-state index is -0.112. The predicted octanol–water partition coefficient (Wildman–Crippen LogP) is 3.34. The molecule has 1 N–H and O–H groups in total. The van der Waals surface area contributed by atoms with Crippen molar-refractivity contribution in [1.82, 2.24) is 5.32 Å². The lowest BCUT2D eigenvalue weighted by molar-refractivity contribution is -0.121. The second kappa shape index (κ2) is 5.66. The molecule has 1 aromatic rings. The van der Waals surface area contributed by atoms with Gasteiger partial charge in [0.2, 0.25) is 5.91 Å². The number of halogens is 1. The molecule has 1 rings (SSSR count). The van der Waals surface area contributed by atoms with E-state index in [-0.39, 0.29) is 16.8 Å². The molecule has 1 heterocycles. The van der Waals surface area contributed by atoms with Gasteiger partial charge in [0.25, 0.3) is 0 Å². The second-order valence-electron chi connectivity index (χ2n) is 3.93. The van der Waals surface area contributed by atoms with Crippen molar-refractivity contribution in [2.24, 2.45) is 5.92 Å². The number of rotatable bonds is 4. The van der Waals surface area contributed by atoms with Crippen LogP contribution in [0.2, 0.25) is 0 Å². The van der Waals surface area contributed by atoms with Gasteiger partial charge in [-0.2, -0.15) is 11.3 Å². The van der Waals surface area contributed by atoms with Gasteiger partial charge in [-0.05, 0) is 35.2 Å². The summed E-state index contributed by atoms with van der Waals surface area (Å²) in [4.78, 5) is 11.6. The summed E-state index contributed by atoms with van der Waals surface area (Å²) in [5.74, 6) is 0.364. The first kappa shape index (κ1) is 12.7. The molecule has 0 aliphatic heterocycles. The van der Waals surface area contributed by atoms with Crippen LogP contribution in [0.15, 0.2) is 16.8 Å². The maximum absolute atomic E-state index is 11.7. The van der Waals surface area contributed by atoms with Crippen molar-refractivity contribution in [3.05, 3.63) is 22.4 Å². The van der Waals surface area contributed by atoms with Crippen molar-refractivity contribution in [3.8, 4) is 0 Å². The molecule has 1 aromatic heterocycles. The quantitative estimate of drug-likeness (QED) is 0.847. The van der Waals surface area contributed by atoms with Crippen molar-refractivity contribution in [2.45, 2.75) is 31.6 Å². The van der Waals surface area contributed by atoms with Gasteiger partial charge in [-0.15, -0.1) is 0 Å². The van der Waals surface area contributed by atoms with Crippen molar-refractivity contribution in [3.63, 3.8) is 0 Å². The third kappa shape index (κ3) is 3.61. The Balaban J connectivity index is 2.52. The summed E-state index contributed by atoms with van der Waals surface area (Å²) in [7, 11) is 0. The van der Waals surface area contributed by atoms with Gasteiger partial charge >= 0.3 is 0 Å². The van der Waals surface area contributed by atoms with Crippen LogP contribution in [0.3, 0.4) is 0 Å². The van der Waals surface area contributed by atoms with Crippen LogP contribution in [-0.4, -0.2) is 10.7 Å². The number of amides is 1. The van der Waals surface area contributed by atoms with Gasteiger partial charge in [0.1, 0.15) is 0 Å². The van der Waals surface area contributed by atoms with Gasteiger partial charge in [-0.25, -0.2) is 0 Å². The van der Waals surface area contributed by atoms with E-state index in [2.05, 4.69) is 26.6 Å². The predicted molar refractivity (Wildman–Crippen MR) is 68.4 cm³/mol. The largest absolute Gasteiger partial charge is 0.349 e. The first-order valence-corrected chi connectivity index (χ1v) is 6.84. The van der Waals surface area contributed by atoms with E-state index in [9.17, 15) is 4.79 Å². The van der Waals surface area contributed by atoms with E-state index >= 15 is 0 Å². The molecule has 2 nitrogen and oxygen atoms in total. The molecule has 0 radical (unpaired) electrons. The standard InChI is InChI=1S/C11H16BrNOS/c1-7(2)10(12)11(14)13-8(3)9-4-5-15-6-9/h4-8,10H,1-3H3,(H,13,14). The highest BCUT2D eigenvalue weighted by Crippen LogP contribution is 2.18. The minimum absolute atomic E-state index is 0.0590. The zero-order chi connectivity index (χ0) is 11.4. The molecule has 0 aliphatic rings. The Morgan fingerprint density at radius 1 is 1.47 bits per heavy atom. The number of alkyl halides is 1. The van der Waals surface area contributed by atoms with Crippen LogP contribution in [0.1, 0.15) is 32.4 Å². The average molecular weight is 290 g/mol. The summed E-state index contributed by atoms with van der Waals surface area (Å²) in [6, 6.07) is 2.12. The lowest BCUT2D eigenvalue weighted by Gasteiger charge is -2.17. The van der Waals surface area contributed by atoms with Crippen molar-refractivity contribution < 1.29 is 4.79 Å². The zero-order valence-corrected chi connectivity index (χ0v) is 11.6. The summed E-state index contributed by atoms with van der Waals surface area (Å²) < 4.78 is 0. The number of nitrogens with one attached hydrogen (secondary N) is 1. The molecule has 2 unspecified atom stereocenters. The van der Waals surface area contributed by atoms with Gasteiger partial charge in [0.15, 0.2) is 0 Å². The van der Waals surface area contributed by atoms with E-state index in [1.165, 1.54) is 0 Å². The normalized spacial score (nSPS) is 15.0. The fraction of sp³-hybridized carbons (Fsp3) is 0.545. The molecule has 0 fully saturated rings. The Labute approximate surface area is 103 Å². The van der Waals surface area contributed by atoms with Gasteiger partial charge in [0, 0.05) is 0 Å². The van der Waals surface area contributed by atoms with Crippen molar-refractivity contribution >= 4 is 33.2 Å². The molecule has 0 aliphatic carbocycles. The van der Waals surface area contributed by atoms with Crippen LogP contribution < -0.4 is 5.32 Å². The number of carbonyl (C=O) groups is 1. The lowest BCUT2D eigenvalue weighted by Crippen LogP contribution is -2.35. The highest BCUT2D eigenvalue weighted by molar-refractivity contribution is 9.10. The molecule has 1 amide bonds. The van der Waals surface area contributed by atoms with Crippen molar-refractivity contribution in [1.29, 1.82) is 0 Å². The third-order valence-electron chi connectivity index (χ3n) is 2.24. The Morgan fingerprint density at radius 3 is 2.60 bits per heavy atom. The molecule has 84 valence electrons. The third-order valence-corrected chi connectivity index (χ3v) is 4.41. The molecule has 0 bridgehead atoms. The van der Waals surface area contributed by atoms with Gasteiger partial charge in [-0.3, -0.25) is 4.79 Å². The Hall–Kier alpha value is -0.350. The van der Waals surface area contributed by atoms with Crippen LogP contribution >= 0.6 is 27.3 Å². The Bertz CT molecular complexity index is 310. The number of hydrogen-bond donors (Lipinski definition) is 1. The molecule has 4 heteroatoms. The molecule has 0 aromatic carbocycles. The fourth-order valence-corrected chi connectivity index (χ4v) is 2.09. The number of hydrogen-bond acceptors (Lipinski definition) is 2. The highest BCUT2D eigenvalue weighted by atomic mass is 79.9. The van der Waals surface area contributed by atoms with Crippen LogP contribution in [0, 0.1) is 5.92 Å². The molecule has 0 saturated carbocycles. The topological polar surface area (TPSA) is 29.1 Å². The lowest BCUT2D eigenvalue weighted by atomic mass is 10.1. The molecular formula is C11H16BrNOS. The van der Waals surface area contributed by atoms with Crippen LogP contribution in [0.5, 0.6) is 0 Å². The van der Waals surface area contributed by atoms with E-state index in [0.717, 1.165) is 5.56 Å². The van der Waals surface area contributed by atoms with Gasteiger partial charge in [-0.1, -0.05) is 29.8 Å². The van der Waals surface area contributed by atoms with Crippen LogP contribution in [0.4, 0.5) is 0 Å². The maximum Gasteiger partial charge on any atom is 0.234 e. The van der Waals surface area contributed by atoms with Crippen LogP contribution in [0.25, 0.3) is 0 Å². The summed E-state index contributed by atoms with van der Waals surface area (Å²) in [5.41, 5.74) is 1.16. The average Bonchev–Trinajstić information content (AvgIpc) is 2.68. The fourth-order valence-electron chi connectivity index (χ4n) is 1.20. The van der Waals surface area contributed by atoms with Crippen molar-refractivity contribution in [2.75, 3.05) is 0 Å². The highest BCUT2D eigenvalue weighted by Gasteiger charge is 2.20. The summed E-state index contributed by atoms with van der Waals surface area (Å²) in [6.07, 6.45) is 0. The van der Waals surface area contributed by atoms with E-state index in [1.54, 1.807) is 11.3 Å². The first-order valence-electron chi connectivity index (χ1n) is 4.99. The smallest absolute Gasteiger partial charge is 0.234 e. The number of thiophene rings is 1.